The van der Waals surface area contributed by atoms with E-state index in [4.69, 9.17) is 10.5 Å². The molecule has 102 valence electrons. The molecule has 7 nitrogen and oxygen atoms in total. The van der Waals surface area contributed by atoms with E-state index >= 15 is 0 Å². The van der Waals surface area contributed by atoms with Crippen LogP contribution in [0.15, 0.2) is 18.2 Å². The Morgan fingerprint density at radius 1 is 1.32 bits per heavy atom. The van der Waals surface area contributed by atoms with Gasteiger partial charge in [-0.2, -0.15) is 0 Å². The zero-order chi connectivity index (χ0) is 14.0. The van der Waals surface area contributed by atoms with Gasteiger partial charge in [-0.1, -0.05) is 6.07 Å². The number of benzene rings is 1. The molecule has 7 heteroatoms. The van der Waals surface area contributed by atoms with Crippen LogP contribution in [0.25, 0.3) is 0 Å². The third kappa shape index (κ3) is 2.45. The van der Waals surface area contributed by atoms with Crippen molar-refractivity contribution in [3.05, 3.63) is 23.8 Å². The average Bonchev–Trinajstić information content (AvgIpc) is 2.38. The van der Waals surface area contributed by atoms with Crippen LogP contribution >= 0.6 is 0 Å². The lowest BCUT2D eigenvalue weighted by molar-refractivity contribution is -0.127. The number of phenolic OH excluding ortho intramolecular Hbond substituents is 2. The van der Waals surface area contributed by atoms with Crippen LogP contribution in [0, 0.1) is 0 Å². The lowest BCUT2D eigenvalue weighted by atomic mass is 10.1. The molecule has 19 heavy (non-hydrogen) atoms. The maximum absolute atomic E-state index is 12.3. The van der Waals surface area contributed by atoms with E-state index in [2.05, 4.69) is 0 Å². The van der Waals surface area contributed by atoms with Crippen molar-refractivity contribution in [3.63, 3.8) is 0 Å². The van der Waals surface area contributed by atoms with Gasteiger partial charge in [0.25, 0.3) is 5.91 Å². The number of rotatable bonds is 2. The van der Waals surface area contributed by atoms with Gasteiger partial charge >= 0.3 is 0 Å². The van der Waals surface area contributed by atoms with Gasteiger partial charge in [0.2, 0.25) is 5.91 Å². The molecule has 1 aliphatic rings. The van der Waals surface area contributed by atoms with Crippen molar-refractivity contribution >= 4 is 11.8 Å². The zero-order valence-electron chi connectivity index (χ0n) is 10.1. The largest absolute Gasteiger partial charge is 0.507 e. The molecule has 0 bridgehead atoms. The Labute approximate surface area is 109 Å². The highest BCUT2D eigenvalue weighted by Gasteiger charge is 2.34. The molecule has 2 rings (SSSR count). The van der Waals surface area contributed by atoms with Crippen LogP contribution in [0.1, 0.15) is 10.4 Å². The molecule has 2 amide bonds. The highest BCUT2D eigenvalue weighted by molar-refractivity contribution is 6.01. The second kappa shape index (κ2) is 5.15. The average molecular weight is 266 g/mol. The predicted octanol–water partition coefficient (Wildman–Crippen LogP) is -0.576. The minimum Gasteiger partial charge on any atom is -0.507 e. The maximum Gasteiger partial charge on any atom is 0.262 e. The molecule has 0 aromatic heterocycles. The van der Waals surface area contributed by atoms with Gasteiger partial charge in [0.15, 0.2) is 0 Å². The van der Waals surface area contributed by atoms with Crippen LogP contribution < -0.4 is 5.73 Å². The minimum atomic E-state index is -0.903. The molecule has 0 aliphatic carbocycles. The number of hydrogen-bond donors (Lipinski definition) is 3. The fraction of sp³-hybridized carbons (Fsp3) is 0.333. The Morgan fingerprint density at radius 2 is 1.95 bits per heavy atom. The lowest BCUT2D eigenvalue weighted by Crippen LogP contribution is -2.54. The monoisotopic (exact) mass is 266 g/mol. The summed E-state index contributed by atoms with van der Waals surface area (Å²) in [5, 5.41) is 19.3. The van der Waals surface area contributed by atoms with Crippen molar-refractivity contribution in [3.8, 4) is 11.5 Å². The topological polar surface area (TPSA) is 113 Å². The summed E-state index contributed by atoms with van der Waals surface area (Å²) in [7, 11) is 0. The molecule has 1 aliphatic heterocycles. The van der Waals surface area contributed by atoms with Crippen LogP contribution in [0.4, 0.5) is 0 Å². The van der Waals surface area contributed by atoms with Crippen LogP contribution in [0.5, 0.6) is 11.5 Å². The number of nitrogens with zero attached hydrogens (tertiary/aromatic N) is 1. The van der Waals surface area contributed by atoms with Crippen molar-refractivity contribution in [2.24, 2.45) is 5.73 Å². The first-order valence-electron chi connectivity index (χ1n) is 5.71. The van der Waals surface area contributed by atoms with Crippen molar-refractivity contribution in [1.82, 2.24) is 4.90 Å². The normalized spacial score (nSPS) is 19.2. The summed E-state index contributed by atoms with van der Waals surface area (Å²) in [5.41, 5.74) is 4.97. The number of aromatic hydroxyl groups is 2. The number of carbonyl (C=O) groups is 2. The second-order valence-electron chi connectivity index (χ2n) is 4.16. The SMILES string of the molecule is NC(=O)C1COCCN1C(=O)c1c(O)cccc1O. The maximum atomic E-state index is 12.3. The smallest absolute Gasteiger partial charge is 0.262 e. The first-order valence-corrected chi connectivity index (χ1v) is 5.71. The highest BCUT2D eigenvalue weighted by atomic mass is 16.5. The van der Waals surface area contributed by atoms with Crippen molar-refractivity contribution in [2.45, 2.75) is 6.04 Å². The highest BCUT2D eigenvalue weighted by Crippen LogP contribution is 2.28. The minimum absolute atomic E-state index is 0.00936. The third-order valence-electron chi connectivity index (χ3n) is 2.95. The van der Waals surface area contributed by atoms with Gasteiger partial charge < -0.3 is 25.6 Å². The van der Waals surface area contributed by atoms with E-state index in [1.807, 2.05) is 0 Å². The molecule has 1 heterocycles. The number of primary amides is 1. The molecular weight excluding hydrogens is 252 g/mol. The molecule has 1 fully saturated rings. The van der Waals surface area contributed by atoms with Gasteiger partial charge in [0.1, 0.15) is 23.1 Å². The zero-order valence-corrected chi connectivity index (χ0v) is 10.1. The molecule has 1 saturated heterocycles. The standard InChI is InChI=1S/C12H14N2O5/c13-11(17)7-6-19-5-4-14(7)12(18)10-8(15)2-1-3-9(10)16/h1-3,7,15-16H,4-6H2,(H2,13,17). The molecule has 0 radical (unpaired) electrons. The van der Waals surface area contributed by atoms with E-state index in [1.54, 1.807) is 0 Å². The van der Waals surface area contributed by atoms with Crippen molar-refractivity contribution in [2.75, 3.05) is 19.8 Å². The number of phenols is 2. The first kappa shape index (κ1) is 13.2. The summed E-state index contributed by atoms with van der Waals surface area (Å²) in [6.07, 6.45) is 0. The Balaban J connectivity index is 2.34. The quantitative estimate of drug-likeness (QED) is 0.663. The molecule has 1 aromatic carbocycles. The van der Waals surface area contributed by atoms with Gasteiger partial charge in [0.05, 0.1) is 13.2 Å². The lowest BCUT2D eigenvalue weighted by Gasteiger charge is -2.33. The first-order chi connectivity index (χ1) is 9.02. The second-order valence-corrected chi connectivity index (χ2v) is 4.16. The van der Waals surface area contributed by atoms with Gasteiger partial charge in [-0.05, 0) is 12.1 Å². The van der Waals surface area contributed by atoms with Gasteiger partial charge in [-0.15, -0.1) is 0 Å². The Bertz CT molecular complexity index is 497. The van der Waals surface area contributed by atoms with Crippen molar-refractivity contribution in [1.29, 1.82) is 0 Å². The number of hydrogen-bond acceptors (Lipinski definition) is 5. The van der Waals surface area contributed by atoms with E-state index in [9.17, 15) is 19.8 Å². The fourth-order valence-electron chi connectivity index (χ4n) is 1.97. The molecule has 1 unspecified atom stereocenters. The third-order valence-corrected chi connectivity index (χ3v) is 2.95. The van der Waals surface area contributed by atoms with E-state index in [0.29, 0.717) is 0 Å². The fourth-order valence-corrected chi connectivity index (χ4v) is 1.97. The van der Waals surface area contributed by atoms with E-state index < -0.39 is 17.9 Å². The molecular formula is C12H14N2O5. The number of morpholine rings is 1. The van der Waals surface area contributed by atoms with E-state index in [0.717, 1.165) is 0 Å². The number of amides is 2. The summed E-state index contributed by atoms with van der Waals surface area (Å²) in [5.74, 6) is -2.04. The molecule has 4 N–H and O–H groups in total. The molecule has 0 saturated carbocycles. The predicted molar refractivity (Wildman–Crippen MR) is 64.6 cm³/mol. The van der Waals surface area contributed by atoms with E-state index in [-0.39, 0.29) is 36.8 Å². The number of nitrogens with two attached hydrogens (primary N) is 1. The summed E-state index contributed by atoms with van der Waals surface area (Å²) in [6, 6.07) is 3.08. The number of carbonyl (C=O) groups excluding carboxylic acids is 2. The molecule has 1 atom stereocenters. The summed E-state index contributed by atoms with van der Waals surface area (Å²) < 4.78 is 5.10. The van der Waals surface area contributed by atoms with Crippen LogP contribution in [0.2, 0.25) is 0 Å². The summed E-state index contributed by atoms with van der Waals surface area (Å²) in [4.78, 5) is 24.8. The van der Waals surface area contributed by atoms with Gasteiger partial charge in [-0.25, -0.2) is 0 Å². The van der Waals surface area contributed by atoms with Crippen LogP contribution in [-0.4, -0.2) is 52.7 Å². The Morgan fingerprint density at radius 3 is 2.53 bits per heavy atom. The van der Waals surface area contributed by atoms with Crippen LogP contribution in [0.3, 0.4) is 0 Å². The van der Waals surface area contributed by atoms with Crippen molar-refractivity contribution < 1.29 is 24.5 Å². The number of ether oxygens (including phenoxy) is 1. The summed E-state index contributed by atoms with van der Waals surface area (Å²) >= 11 is 0. The Hall–Kier alpha value is -2.28. The molecule has 1 aromatic rings. The van der Waals surface area contributed by atoms with Crippen LogP contribution in [-0.2, 0) is 9.53 Å². The Kier molecular flexibility index (Phi) is 3.57. The molecule has 0 spiro atoms. The van der Waals surface area contributed by atoms with Gasteiger partial charge in [-0.3, -0.25) is 9.59 Å². The van der Waals surface area contributed by atoms with E-state index in [1.165, 1.54) is 23.1 Å². The summed E-state index contributed by atoms with van der Waals surface area (Å²) in [6.45, 7) is 0.444. The van der Waals surface area contributed by atoms with Gasteiger partial charge in [0, 0.05) is 6.54 Å².